The van der Waals surface area contributed by atoms with E-state index >= 15 is 0 Å². The SMILES string of the molecule is CCCCOc1ccc(/N=c2\n(N)c(=O)n(C[C@H](C)C(=O)OC)c(=O)n2Cc2ccc(Cl)cc2)cc1. The van der Waals surface area contributed by atoms with Crippen LogP contribution in [0.2, 0.25) is 5.02 Å². The third-order valence-corrected chi connectivity index (χ3v) is 5.75. The Morgan fingerprint density at radius 1 is 1.06 bits per heavy atom. The number of nitrogen functional groups attached to an aromatic ring is 1. The maximum Gasteiger partial charge on any atom is 0.353 e. The highest BCUT2D eigenvalue weighted by atomic mass is 35.5. The van der Waals surface area contributed by atoms with E-state index in [1.807, 2.05) is 0 Å². The fourth-order valence-corrected chi connectivity index (χ4v) is 3.58. The van der Waals surface area contributed by atoms with Crippen LogP contribution in [0, 0.1) is 5.92 Å². The molecule has 0 aliphatic rings. The molecule has 36 heavy (non-hydrogen) atoms. The van der Waals surface area contributed by atoms with Gasteiger partial charge in [-0.05, 0) is 48.4 Å². The summed E-state index contributed by atoms with van der Waals surface area (Å²) in [7, 11) is 1.24. The van der Waals surface area contributed by atoms with Gasteiger partial charge in [0.25, 0.3) is 0 Å². The van der Waals surface area contributed by atoms with Gasteiger partial charge < -0.3 is 15.3 Å². The average Bonchev–Trinajstić information content (AvgIpc) is 2.88. The summed E-state index contributed by atoms with van der Waals surface area (Å²) in [5.74, 6) is 5.54. The zero-order valence-corrected chi connectivity index (χ0v) is 21.3. The second kappa shape index (κ2) is 12.3. The van der Waals surface area contributed by atoms with Gasteiger partial charge in [-0.2, -0.15) is 4.68 Å². The molecule has 0 bridgehead atoms. The number of benzene rings is 2. The largest absolute Gasteiger partial charge is 0.494 e. The zero-order valence-electron chi connectivity index (χ0n) is 20.5. The molecule has 0 amide bonds. The molecule has 192 valence electrons. The van der Waals surface area contributed by atoms with Crippen molar-refractivity contribution >= 4 is 23.3 Å². The van der Waals surface area contributed by atoms with Crippen molar-refractivity contribution in [2.45, 2.75) is 39.8 Å². The first-order valence-corrected chi connectivity index (χ1v) is 11.9. The van der Waals surface area contributed by atoms with Crippen molar-refractivity contribution in [2.75, 3.05) is 19.6 Å². The number of rotatable bonds is 10. The van der Waals surface area contributed by atoms with E-state index in [1.165, 1.54) is 11.7 Å². The predicted octanol–water partition coefficient (Wildman–Crippen LogP) is 2.45. The number of nitrogens with two attached hydrogens (primary N) is 1. The molecular formula is C25H30ClN5O5. The summed E-state index contributed by atoms with van der Waals surface area (Å²) in [6.07, 6.45) is 1.97. The topological polar surface area (TPSA) is 123 Å². The number of hydrogen-bond acceptors (Lipinski definition) is 7. The lowest BCUT2D eigenvalue weighted by Gasteiger charge is -2.16. The number of hydrogen-bond donors (Lipinski definition) is 1. The lowest BCUT2D eigenvalue weighted by Crippen LogP contribution is -2.58. The van der Waals surface area contributed by atoms with E-state index in [2.05, 4.69) is 11.9 Å². The van der Waals surface area contributed by atoms with Crippen LogP contribution in [0.4, 0.5) is 5.69 Å². The molecule has 0 aliphatic carbocycles. The Labute approximate surface area is 213 Å². The maximum absolute atomic E-state index is 13.5. The Hall–Kier alpha value is -3.79. The van der Waals surface area contributed by atoms with Crippen molar-refractivity contribution in [3.05, 3.63) is 85.7 Å². The maximum atomic E-state index is 13.5. The van der Waals surface area contributed by atoms with Gasteiger partial charge in [-0.25, -0.2) is 19.1 Å². The van der Waals surface area contributed by atoms with Crippen LogP contribution in [-0.2, 0) is 22.6 Å². The molecular weight excluding hydrogens is 486 g/mol. The standard InChI is InChI=1S/C25H30ClN5O5/c1-4-5-14-36-21-12-10-20(11-13-21)28-23-29(16-18-6-8-19(26)9-7-18)24(33)30(25(34)31(23)27)15-17(2)22(32)35-3/h6-13,17H,4-5,14-16,27H2,1-3H3/b28-23-/t17-/m0/s1. The molecule has 0 saturated carbocycles. The van der Waals surface area contributed by atoms with Crippen LogP contribution in [0.15, 0.2) is 63.1 Å². The number of methoxy groups -OCH3 is 1. The fourth-order valence-electron chi connectivity index (χ4n) is 3.46. The van der Waals surface area contributed by atoms with Crippen LogP contribution in [0.3, 0.4) is 0 Å². The monoisotopic (exact) mass is 515 g/mol. The van der Waals surface area contributed by atoms with Crippen LogP contribution in [0.25, 0.3) is 0 Å². The molecule has 3 aromatic rings. The summed E-state index contributed by atoms with van der Waals surface area (Å²) in [6.45, 7) is 4.12. The highest BCUT2D eigenvalue weighted by Crippen LogP contribution is 2.18. The normalized spacial score (nSPS) is 12.4. The van der Waals surface area contributed by atoms with E-state index in [1.54, 1.807) is 55.5 Å². The first kappa shape index (κ1) is 26.8. The minimum absolute atomic E-state index is 0.0541. The first-order valence-electron chi connectivity index (χ1n) is 11.6. The van der Waals surface area contributed by atoms with Gasteiger partial charge in [0.2, 0.25) is 5.62 Å². The van der Waals surface area contributed by atoms with Crippen molar-refractivity contribution in [1.82, 2.24) is 13.8 Å². The van der Waals surface area contributed by atoms with Gasteiger partial charge in [-0.1, -0.05) is 44.0 Å². The first-order chi connectivity index (χ1) is 17.2. The summed E-state index contributed by atoms with van der Waals surface area (Å²) in [5, 5.41) is 0.544. The van der Waals surface area contributed by atoms with Crippen LogP contribution < -0.4 is 27.6 Å². The molecule has 0 spiro atoms. The molecule has 1 heterocycles. The van der Waals surface area contributed by atoms with Gasteiger partial charge in [0.15, 0.2) is 0 Å². The smallest absolute Gasteiger partial charge is 0.353 e. The van der Waals surface area contributed by atoms with Gasteiger partial charge in [0.1, 0.15) is 5.75 Å². The molecule has 0 unspecified atom stereocenters. The van der Waals surface area contributed by atoms with E-state index in [-0.39, 0.29) is 18.7 Å². The molecule has 0 aliphatic heterocycles. The summed E-state index contributed by atoms with van der Waals surface area (Å²) in [4.78, 5) is 42.9. The Bertz CT molecular complexity index is 1370. The molecule has 0 fully saturated rings. The Morgan fingerprint density at radius 3 is 2.33 bits per heavy atom. The second-order valence-electron chi connectivity index (χ2n) is 8.29. The third-order valence-electron chi connectivity index (χ3n) is 5.50. The van der Waals surface area contributed by atoms with Crippen LogP contribution in [-0.4, -0.2) is 33.5 Å². The van der Waals surface area contributed by atoms with Crippen LogP contribution >= 0.6 is 11.6 Å². The predicted molar refractivity (Wildman–Crippen MR) is 137 cm³/mol. The number of halogens is 1. The molecule has 0 saturated heterocycles. The molecule has 1 atom stereocenters. The Morgan fingerprint density at radius 2 is 1.72 bits per heavy atom. The highest BCUT2D eigenvalue weighted by molar-refractivity contribution is 6.30. The quantitative estimate of drug-likeness (QED) is 0.251. The van der Waals surface area contributed by atoms with Gasteiger partial charge in [-0.3, -0.25) is 9.36 Å². The van der Waals surface area contributed by atoms with E-state index in [0.29, 0.717) is 23.1 Å². The number of esters is 1. The van der Waals surface area contributed by atoms with Gasteiger partial charge in [0.05, 0.1) is 31.9 Å². The van der Waals surface area contributed by atoms with Crippen LogP contribution in [0.5, 0.6) is 5.75 Å². The van der Waals surface area contributed by atoms with Crippen molar-refractivity contribution < 1.29 is 14.3 Å². The minimum Gasteiger partial charge on any atom is -0.494 e. The number of aromatic nitrogens is 3. The van der Waals surface area contributed by atoms with E-state index in [9.17, 15) is 14.4 Å². The number of nitrogens with zero attached hydrogens (tertiary/aromatic N) is 4. The van der Waals surface area contributed by atoms with Crippen molar-refractivity contribution in [2.24, 2.45) is 10.9 Å². The summed E-state index contributed by atoms with van der Waals surface area (Å²) >= 11 is 6.00. The van der Waals surface area contributed by atoms with E-state index < -0.39 is 23.3 Å². The Balaban J connectivity index is 2.12. The molecule has 10 nitrogen and oxygen atoms in total. The Kier molecular flexibility index (Phi) is 9.13. The molecule has 3 rings (SSSR count). The van der Waals surface area contributed by atoms with Gasteiger partial charge in [0, 0.05) is 11.6 Å². The van der Waals surface area contributed by atoms with Crippen molar-refractivity contribution in [1.29, 1.82) is 0 Å². The minimum atomic E-state index is -0.804. The molecule has 11 heteroatoms. The summed E-state index contributed by atoms with van der Waals surface area (Å²) in [5.41, 5.74) is -0.307. The van der Waals surface area contributed by atoms with Crippen molar-refractivity contribution in [3.8, 4) is 5.75 Å². The van der Waals surface area contributed by atoms with Gasteiger partial charge >= 0.3 is 17.3 Å². The average molecular weight is 516 g/mol. The molecule has 2 N–H and O–H groups in total. The lowest BCUT2D eigenvalue weighted by molar-refractivity contribution is -0.145. The fraction of sp³-hybridized carbons (Fsp3) is 0.360. The third kappa shape index (κ3) is 6.45. The summed E-state index contributed by atoms with van der Waals surface area (Å²) < 4.78 is 13.4. The summed E-state index contributed by atoms with van der Waals surface area (Å²) in [6, 6.07) is 13.9. The van der Waals surface area contributed by atoms with Crippen molar-refractivity contribution in [3.63, 3.8) is 0 Å². The number of carbonyl (C=O) groups excluding carboxylic acids is 1. The lowest BCUT2D eigenvalue weighted by atomic mass is 10.2. The zero-order chi connectivity index (χ0) is 26.2. The second-order valence-corrected chi connectivity index (χ2v) is 8.73. The molecule has 0 radical (unpaired) electrons. The highest BCUT2D eigenvalue weighted by Gasteiger charge is 2.20. The molecule has 2 aromatic carbocycles. The van der Waals surface area contributed by atoms with Gasteiger partial charge in [-0.15, -0.1) is 0 Å². The van der Waals surface area contributed by atoms with E-state index in [0.717, 1.165) is 27.6 Å². The van der Waals surface area contributed by atoms with Crippen LogP contribution in [0.1, 0.15) is 32.3 Å². The number of ether oxygens (including phenoxy) is 2. The van der Waals surface area contributed by atoms with E-state index in [4.69, 9.17) is 26.9 Å². The number of unbranched alkanes of at least 4 members (excludes halogenated alkanes) is 1. The molecule has 1 aromatic heterocycles. The number of carbonyl (C=O) groups is 1.